The standard InChI is InChI=1S/C21H30N4O2S/c1-17-23-24-21(25(17)15-18-9-4-2-5-10-18)28-16-20(26)22-13-8-14-27-19-11-6-3-7-12-19/h2,4-5,9-10,19H,3,6-8,11-16H2,1H3,(H,22,26). The maximum Gasteiger partial charge on any atom is 0.230 e. The molecular weight excluding hydrogens is 372 g/mol. The Morgan fingerprint density at radius 3 is 2.79 bits per heavy atom. The number of aryl methyl sites for hydroxylation is 1. The number of nitrogens with zero attached hydrogens (tertiary/aromatic N) is 3. The second kappa shape index (κ2) is 11.2. The van der Waals surface area contributed by atoms with Crippen LogP contribution in [0.5, 0.6) is 0 Å². The van der Waals surface area contributed by atoms with Crippen molar-refractivity contribution in [1.29, 1.82) is 0 Å². The van der Waals surface area contributed by atoms with Gasteiger partial charge in [-0.05, 0) is 31.7 Å². The Bertz CT molecular complexity index is 729. The first kappa shape index (κ1) is 20.9. The van der Waals surface area contributed by atoms with Gasteiger partial charge in [0.25, 0.3) is 0 Å². The first-order valence-corrected chi connectivity index (χ1v) is 11.2. The van der Waals surface area contributed by atoms with Crippen LogP contribution in [-0.4, -0.2) is 45.7 Å². The van der Waals surface area contributed by atoms with Crippen LogP contribution in [0, 0.1) is 6.92 Å². The zero-order chi connectivity index (χ0) is 19.6. The van der Waals surface area contributed by atoms with Crippen LogP contribution in [0.25, 0.3) is 0 Å². The summed E-state index contributed by atoms with van der Waals surface area (Å²) in [7, 11) is 0. The lowest BCUT2D eigenvalue weighted by atomic mass is 9.98. The number of rotatable bonds is 10. The first-order valence-electron chi connectivity index (χ1n) is 10.2. The monoisotopic (exact) mass is 402 g/mol. The van der Waals surface area contributed by atoms with Gasteiger partial charge in [0.2, 0.25) is 5.91 Å². The van der Waals surface area contributed by atoms with Crippen molar-refractivity contribution in [3.05, 3.63) is 41.7 Å². The van der Waals surface area contributed by atoms with E-state index in [2.05, 4.69) is 27.6 Å². The normalized spacial score (nSPS) is 14.9. The Morgan fingerprint density at radius 2 is 2.00 bits per heavy atom. The number of thioether (sulfide) groups is 1. The van der Waals surface area contributed by atoms with Crippen LogP contribution in [0.15, 0.2) is 35.5 Å². The van der Waals surface area contributed by atoms with Crippen LogP contribution in [0.4, 0.5) is 0 Å². The van der Waals surface area contributed by atoms with Crippen LogP contribution in [0.3, 0.4) is 0 Å². The molecule has 6 nitrogen and oxygen atoms in total. The number of nitrogens with one attached hydrogen (secondary N) is 1. The summed E-state index contributed by atoms with van der Waals surface area (Å²) < 4.78 is 7.94. The summed E-state index contributed by atoms with van der Waals surface area (Å²) in [5, 5.41) is 12.1. The Balaban J connectivity index is 1.35. The smallest absolute Gasteiger partial charge is 0.230 e. The number of hydrogen-bond acceptors (Lipinski definition) is 5. The molecule has 152 valence electrons. The van der Waals surface area contributed by atoms with E-state index < -0.39 is 0 Å². The highest BCUT2D eigenvalue weighted by Crippen LogP contribution is 2.20. The number of amides is 1. The van der Waals surface area contributed by atoms with Gasteiger partial charge in [-0.25, -0.2) is 0 Å². The molecule has 0 radical (unpaired) electrons. The molecule has 0 atom stereocenters. The highest BCUT2D eigenvalue weighted by Gasteiger charge is 2.14. The molecule has 1 aromatic heterocycles. The number of hydrogen-bond donors (Lipinski definition) is 1. The Hall–Kier alpha value is -1.86. The molecule has 1 saturated carbocycles. The van der Waals surface area contributed by atoms with Crippen molar-refractivity contribution in [2.75, 3.05) is 18.9 Å². The lowest BCUT2D eigenvalue weighted by Gasteiger charge is -2.21. The lowest BCUT2D eigenvalue weighted by molar-refractivity contribution is -0.118. The van der Waals surface area contributed by atoms with Crippen LogP contribution in [0.2, 0.25) is 0 Å². The average Bonchev–Trinajstić information content (AvgIpc) is 3.07. The molecule has 0 spiro atoms. The third kappa shape index (κ3) is 6.63. The molecular formula is C21H30N4O2S. The molecule has 7 heteroatoms. The summed E-state index contributed by atoms with van der Waals surface area (Å²) in [6.07, 6.45) is 7.57. The maximum atomic E-state index is 12.1. The van der Waals surface area contributed by atoms with Gasteiger partial charge in [-0.1, -0.05) is 61.4 Å². The summed E-state index contributed by atoms with van der Waals surface area (Å²) in [5.74, 6) is 1.22. The van der Waals surface area contributed by atoms with E-state index in [0.717, 1.165) is 24.0 Å². The van der Waals surface area contributed by atoms with Gasteiger partial charge in [0.15, 0.2) is 5.16 Å². The largest absolute Gasteiger partial charge is 0.378 e. The van der Waals surface area contributed by atoms with Gasteiger partial charge in [-0.15, -0.1) is 10.2 Å². The predicted octanol–water partition coefficient (Wildman–Crippen LogP) is 3.58. The van der Waals surface area contributed by atoms with Crippen LogP contribution in [0.1, 0.15) is 49.9 Å². The van der Waals surface area contributed by atoms with Gasteiger partial charge in [-0.2, -0.15) is 0 Å². The van der Waals surface area contributed by atoms with E-state index in [1.54, 1.807) is 0 Å². The van der Waals surface area contributed by atoms with E-state index in [9.17, 15) is 4.79 Å². The highest BCUT2D eigenvalue weighted by atomic mass is 32.2. The topological polar surface area (TPSA) is 69.0 Å². The Morgan fingerprint density at radius 1 is 1.21 bits per heavy atom. The molecule has 1 aromatic carbocycles. The van der Waals surface area contributed by atoms with E-state index in [1.165, 1.54) is 49.4 Å². The van der Waals surface area contributed by atoms with Crippen molar-refractivity contribution in [2.45, 2.75) is 63.3 Å². The molecule has 1 fully saturated rings. The van der Waals surface area contributed by atoms with Gasteiger partial charge >= 0.3 is 0 Å². The van der Waals surface area contributed by atoms with E-state index >= 15 is 0 Å². The quantitative estimate of drug-likeness (QED) is 0.486. The summed E-state index contributed by atoms with van der Waals surface area (Å²) in [5.41, 5.74) is 1.19. The minimum Gasteiger partial charge on any atom is -0.378 e. The van der Waals surface area contributed by atoms with E-state index in [0.29, 0.717) is 24.9 Å². The maximum absolute atomic E-state index is 12.1. The second-order valence-electron chi connectivity index (χ2n) is 7.22. The Kier molecular flexibility index (Phi) is 8.36. The van der Waals surface area contributed by atoms with Crippen molar-refractivity contribution < 1.29 is 9.53 Å². The minimum atomic E-state index is 0.0228. The molecule has 0 unspecified atom stereocenters. The number of carbonyl (C=O) groups is 1. The van der Waals surface area contributed by atoms with Gasteiger partial charge in [0, 0.05) is 13.2 Å². The van der Waals surface area contributed by atoms with E-state index in [1.807, 2.05) is 29.7 Å². The van der Waals surface area contributed by atoms with Crippen molar-refractivity contribution in [1.82, 2.24) is 20.1 Å². The number of ether oxygens (including phenoxy) is 1. The molecule has 1 amide bonds. The third-order valence-corrected chi connectivity index (χ3v) is 5.93. The minimum absolute atomic E-state index is 0.0228. The zero-order valence-corrected chi connectivity index (χ0v) is 17.4. The fourth-order valence-corrected chi connectivity index (χ4v) is 4.19. The molecule has 3 rings (SSSR count). The fourth-order valence-electron chi connectivity index (χ4n) is 3.38. The molecule has 0 aliphatic heterocycles. The number of carbonyl (C=O) groups excluding carboxylic acids is 1. The third-order valence-electron chi connectivity index (χ3n) is 4.97. The van der Waals surface area contributed by atoms with Gasteiger partial charge in [0.05, 0.1) is 18.4 Å². The first-order chi connectivity index (χ1) is 13.7. The molecule has 0 saturated heterocycles. The molecule has 1 aliphatic carbocycles. The molecule has 28 heavy (non-hydrogen) atoms. The number of aromatic nitrogens is 3. The van der Waals surface area contributed by atoms with Gasteiger partial charge in [0.1, 0.15) is 5.82 Å². The van der Waals surface area contributed by atoms with Crippen LogP contribution < -0.4 is 5.32 Å². The van der Waals surface area contributed by atoms with Crippen molar-refractivity contribution >= 4 is 17.7 Å². The molecule has 2 aromatic rings. The van der Waals surface area contributed by atoms with Gasteiger partial charge < -0.3 is 14.6 Å². The highest BCUT2D eigenvalue weighted by molar-refractivity contribution is 7.99. The number of benzene rings is 1. The zero-order valence-electron chi connectivity index (χ0n) is 16.6. The van der Waals surface area contributed by atoms with E-state index in [4.69, 9.17) is 4.74 Å². The van der Waals surface area contributed by atoms with Crippen LogP contribution >= 0.6 is 11.8 Å². The van der Waals surface area contributed by atoms with Crippen molar-refractivity contribution in [3.63, 3.8) is 0 Å². The summed E-state index contributed by atoms with van der Waals surface area (Å²) in [4.78, 5) is 12.1. The van der Waals surface area contributed by atoms with Crippen molar-refractivity contribution in [3.8, 4) is 0 Å². The second-order valence-corrected chi connectivity index (χ2v) is 8.17. The van der Waals surface area contributed by atoms with E-state index in [-0.39, 0.29) is 5.91 Å². The lowest BCUT2D eigenvalue weighted by Crippen LogP contribution is -2.27. The molecule has 1 aliphatic rings. The van der Waals surface area contributed by atoms with Gasteiger partial charge in [-0.3, -0.25) is 4.79 Å². The molecule has 1 N–H and O–H groups in total. The Labute approximate surface area is 171 Å². The summed E-state index contributed by atoms with van der Waals surface area (Å²) in [6.45, 7) is 4.03. The summed E-state index contributed by atoms with van der Waals surface area (Å²) in [6, 6.07) is 10.2. The average molecular weight is 403 g/mol. The van der Waals surface area contributed by atoms with Crippen molar-refractivity contribution in [2.24, 2.45) is 0 Å². The molecule has 1 heterocycles. The predicted molar refractivity (Wildman–Crippen MR) is 111 cm³/mol. The summed E-state index contributed by atoms with van der Waals surface area (Å²) >= 11 is 1.43. The fraction of sp³-hybridized carbons (Fsp3) is 0.571. The SMILES string of the molecule is Cc1nnc(SCC(=O)NCCCOC2CCCCC2)n1Cc1ccccc1. The molecule has 0 bridgehead atoms. The van der Waals surface area contributed by atoms with Crippen LogP contribution in [-0.2, 0) is 16.1 Å².